The highest BCUT2D eigenvalue weighted by atomic mass is 16.5. The van der Waals surface area contributed by atoms with Gasteiger partial charge in [-0.3, -0.25) is 14.8 Å². The van der Waals surface area contributed by atoms with E-state index in [4.69, 9.17) is 14.7 Å². The van der Waals surface area contributed by atoms with Gasteiger partial charge in [0.25, 0.3) is 11.8 Å². The molecular weight excluding hydrogens is 374 g/mol. The minimum atomic E-state index is -0.601. The average Bonchev–Trinajstić information content (AvgIpc) is 2.88. The predicted molar refractivity (Wildman–Crippen MR) is 104 cm³/mol. The Morgan fingerprint density at radius 2 is 1.90 bits per heavy atom. The SMILES string of the molecule is O=C(NO)c1ccc(OCCN2C(=O)c3cccnc3Oc3ccccc32)cc1. The normalized spacial score (nSPS) is 12.3. The van der Waals surface area contributed by atoms with Gasteiger partial charge >= 0.3 is 0 Å². The van der Waals surface area contributed by atoms with E-state index in [2.05, 4.69) is 4.98 Å². The van der Waals surface area contributed by atoms with Gasteiger partial charge in [-0.05, 0) is 48.5 Å². The third-order valence-electron chi connectivity index (χ3n) is 4.41. The molecule has 0 saturated carbocycles. The fraction of sp³-hybridized carbons (Fsp3) is 0.0952. The van der Waals surface area contributed by atoms with Crippen LogP contribution in [0.2, 0.25) is 0 Å². The number of ether oxygens (including phenoxy) is 2. The Bertz CT molecular complexity index is 1050. The third kappa shape index (κ3) is 3.74. The molecular formula is C21H17N3O5. The molecule has 2 N–H and O–H groups in total. The molecule has 2 amide bonds. The van der Waals surface area contributed by atoms with Crippen molar-refractivity contribution >= 4 is 17.5 Å². The van der Waals surface area contributed by atoms with Crippen LogP contribution in [0.1, 0.15) is 20.7 Å². The number of fused-ring (bicyclic) bond motifs is 2. The van der Waals surface area contributed by atoms with Crippen molar-refractivity contribution in [2.45, 2.75) is 0 Å². The molecule has 29 heavy (non-hydrogen) atoms. The molecule has 2 aromatic carbocycles. The van der Waals surface area contributed by atoms with Crippen molar-refractivity contribution in [1.82, 2.24) is 10.5 Å². The number of amides is 2. The first-order valence-electron chi connectivity index (χ1n) is 8.88. The van der Waals surface area contributed by atoms with Gasteiger partial charge in [0.1, 0.15) is 17.9 Å². The number of rotatable bonds is 5. The summed E-state index contributed by atoms with van der Waals surface area (Å²) in [5.41, 5.74) is 2.89. The van der Waals surface area contributed by atoms with Crippen molar-refractivity contribution < 1.29 is 24.3 Å². The number of hydrogen-bond donors (Lipinski definition) is 2. The molecule has 0 aliphatic carbocycles. The van der Waals surface area contributed by atoms with Gasteiger partial charge in [-0.25, -0.2) is 10.5 Å². The van der Waals surface area contributed by atoms with E-state index in [1.165, 1.54) is 12.1 Å². The Balaban J connectivity index is 1.52. The number of carbonyl (C=O) groups is 2. The molecule has 8 nitrogen and oxygen atoms in total. The third-order valence-corrected chi connectivity index (χ3v) is 4.41. The molecule has 1 aliphatic heterocycles. The maximum atomic E-state index is 13.1. The van der Waals surface area contributed by atoms with E-state index in [0.717, 1.165) is 0 Å². The molecule has 146 valence electrons. The zero-order valence-electron chi connectivity index (χ0n) is 15.2. The van der Waals surface area contributed by atoms with E-state index in [1.807, 2.05) is 12.1 Å². The van der Waals surface area contributed by atoms with Crippen molar-refractivity contribution in [2.75, 3.05) is 18.1 Å². The molecule has 4 rings (SSSR count). The first-order valence-corrected chi connectivity index (χ1v) is 8.88. The second kappa shape index (κ2) is 7.99. The van der Waals surface area contributed by atoms with Crippen LogP contribution in [0.25, 0.3) is 0 Å². The van der Waals surface area contributed by atoms with Gasteiger partial charge in [0.15, 0.2) is 5.75 Å². The Labute approximate surface area is 166 Å². The first kappa shape index (κ1) is 18.5. The quantitative estimate of drug-likeness (QED) is 0.512. The van der Waals surface area contributed by atoms with Crippen LogP contribution in [0.15, 0.2) is 66.9 Å². The largest absolute Gasteiger partial charge is 0.492 e. The summed E-state index contributed by atoms with van der Waals surface area (Å²) in [6, 6.07) is 16.9. The number of hydroxylamine groups is 1. The van der Waals surface area contributed by atoms with Crippen LogP contribution in [0.3, 0.4) is 0 Å². The Morgan fingerprint density at radius 1 is 1.10 bits per heavy atom. The fourth-order valence-corrected chi connectivity index (χ4v) is 3.00. The van der Waals surface area contributed by atoms with Crippen molar-refractivity contribution in [3.8, 4) is 17.4 Å². The van der Waals surface area contributed by atoms with Gasteiger partial charge in [0.05, 0.1) is 12.2 Å². The van der Waals surface area contributed by atoms with E-state index >= 15 is 0 Å². The van der Waals surface area contributed by atoms with Crippen LogP contribution in [0.4, 0.5) is 5.69 Å². The molecule has 0 spiro atoms. The minimum Gasteiger partial charge on any atom is -0.492 e. The molecule has 0 bridgehead atoms. The van der Waals surface area contributed by atoms with E-state index in [9.17, 15) is 9.59 Å². The number of nitrogens with one attached hydrogen (secondary N) is 1. The molecule has 0 atom stereocenters. The summed E-state index contributed by atoms with van der Waals surface area (Å²) >= 11 is 0. The Hall–Kier alpha value is -3.91. The van der Waals surface area contributed by atoms with E-state index in [-0.39, 0.29) is 24.9 Å². The van der Waals surface area contributed by atoms with E-state index in [0.29, 0.717) is 28.3 Å². The number of hydrogen-bond acceptors (Lipinski definition) is 6. The van der Waals surface area contributed by atoms with Crippen LogP contribution in [-0.4, -0.2) is 35.2 Å². The van der Waals surface area contributed by atoms with Crippen molar-refractivity contribution in [3.05, 3.63) is 78.0 Å². The molecule has 1 aromatic heterocycles. The molecule has 0 radical (unpaired) electrons. The second-order valence-corrected chi connectivity index (χ2v) is 6.20. The zero-order valence-corrected chi connectivity index (χ0v) is 15.2. The molecule has 1 aliphatic rings. The lowest BCUT2D eigenvalue weighted by Gasteiger charge is -2.22. The van der Waals surface area contributed by atoms with E-state index in [1.54, 1.807) is 53.0 Å². The highest BCUT2D eigenvalue weighted by Gasteiger charge is 2.28. The molecule has 0 fully saturated rings. The molecule has 2 heterocycles. The van der Waals surface area contributed by atoms with Crippen LogP contribution in [0, 0.1) is 0 Å². The lowest BCUT2D eigenvalue weighted by molar-refractivity contribution is 0.0706. The summed E-state index contributed by atoms with van der Waals surface area (Å²) in [5.74, 6) is 0.518. The lowest BCUT2D eigenvalue weighted by atomic mass is 10.2. The van der Waals surface area contributed by atoms with Gasteiger partial charge in [-0.2, -0.15) is 0 Å². The maximum Gasteiger partial charge on any atom is 0.274 e. The predicted octanol–water partition coefficient (Wildman–Crippen LogP) is 3.03. The first-order chi connectivity index (χ1) is 14.2. The van der Waals surface area contributed by atoms with Crippen molar-refractivity contribution in [2.24, 2.45) is 0 Å². The number of para-hydroxylation sites is 2. The average molecular weight is 391 g/mol. The summed E-state index contributed by atoms with van der Waals surface area (Å²) in [5, 5.41) is 8.66. The Morgan fingerprint density at radius 3 is 2.69 bits per heavy atom. The highest BCUT2D eigenvalue weighted by Crippen LogP contribution is 2.37. The summed E-state index contributed by atoms with van der Waals surface area (Å²) in [4.78, 5) is 30.2. The van der Waals surface area contributed by atoms with Crippen LogP contribution < -0.4 is 19.9 Å². The van der Waals surface area contributed by atoms with Crippen molar-refractivity contribution in [1.29, 1.82) is 0 Å². The van der Waals surface area contributed by atoms with E-state index < -0.39 is 5.91 Å². The summed E-state index contributed by atoms with van der Waals surface area (Å²) in [7, 11) is 0. The number of aromatic nitrogens is 1. The zero-order chi connectivity index (χ0) is 20.2. The minimum absolute atomic E-state index is 0.223. The second-order valence-electron chi connectivity index (χ2n) is 6.20. The number of anilines is 1. The lowest BCUT2D eigenvalue weighted by Crippen LogP contribution is -2.34. The molecule has 0 saturated heterocycles. The summed E-state index contributed by atoms with van der Waals surface area (Å²) in [6.45, 7) is 0.508. The number of nitrogens with zero attached hydrogens (tertiary/aromatic N) is 2. The smallest absolute Gasteiger partial charge is 0.274 e. The Kier molecular flexibility index (Phi) is 5.08. The molecule has 0 unspecified atom stereocenters. The fourth-order valence-electron chi connectivity index (χ4n) is 3.00. The van der Waals surface area contributed by atoms with Gasteiger partial charge in [-0.15, -0.1) is 0 Å². The molecule has 8 heteroatoms. The van der Waals surface area contributed by atoms with Gasteiger partial charge < -0.3 is 14.4 Å². The van der Waals surface area contributed by atoms with Crippen molar-refractivity contribution in [3.63, 3.8) is 0 Å². The topological polar surface area (TPSA) is 101 Å². The number of benzene rings is 2. The van der Waals surface area contributed by atoms with Crippen LogP contribution in [-0.2, 0) is 0 Å². The van der Waals surface area contributed by atoms with Crippen LogP contribution in [0.5, 0.6) is 17.4 Å². The van der Waals surface area contributed by atoms with Crippen LogP contribution >= 0.6 is 0 Å². The maximum absolute atomic E-state index is 13.1. The summed E-state index contributed by atoms with van der Waals surface area (Å²) < 4.78 is 11.6. The number of carbonyl (C=O) groups excluding carboxylic acids is 2. The highest BCUT2D eigenvalue weighted by molar-refractivity contribution is 6.09. The molecule has 3 aromatic rings. The van der Waals surface area contributed by atoms with Gasteiger partial charge in [0, 0.05) is 11.8 Å². The van der Waals surface area contributed by atoms with Gasteiger partial charge in [-0.1, -0.05) is 12.1 Å². The summed E-state index contributed by atoms with van der Waals surface area (Å²) in [6.07, 6.45) is 1.58. The van der Waals surface area contributed by atoms with Gasteiger partial charge in [0.2, 0.25) is 5.88 Å². The number of pyridine rings is 1. The monoisotopic (exact) mass is 391 g/mol. The standard InChI is InChI=1S/C21H17N3O5/c25-19(23-27)14-7-9-15(10-8-14)28-13-12-24-17-5-1-2-6-18(17)29-20-16(21(24)26)4-3-11-22-20/h1-11,27H,12-13H2,(H,23,25).